The Morgan fingerprint density at radius 3 is 2.36 bits per heavy atom. The van der Waals surface area contributed by atoms with E-state index in [0.29, 0.717) is 12.3 Å². The molecule has 0 saturated carbocycles. The lowest BCUT2D eigenvalue weighted by Crippen LogP contribution is -2.29. The maximum absolute atomic E-state index is 11.2. The summed E-state index contributed by atoms with van der Waals surface area (Å²) < 4.78 is 0. The van der Waals surface area contributed by atoms with Crippen molar-refractivity contribution < 1.29 is 4.79 Å². The lowest BCUT2D eigenvalue weighted by Gasteiger charge is -2.18. The smallest absolute Gasteiger partial charge is 0.222 e. The first-order chi connectivity index (χ1) is 5.07. The van der Waals surface area contributed by atoms with Gasteiger partial charge in [0.05, 0.1) is 0 Å². The number of amides is 1. The molecular formula is C9H19NO. The highest BCUT2D eigenvalue weighted by atomic mass is 16.2. The number of carbonyl (C=O) groups is 1. The van der Waals surface area contributed by atoms with Crippen molar-refractivity contribution in [3.8, 4) is 0 Å². The van der Waals surface area contributed by atoms with Gasteiger partial charge in [-0.2, -0.15) is 0 Å². The number of carbonyl (C=O) groups excluding carboxylic acids is 1. The van der Waals surface area contributed by atoms with Crippen molar-refractivity contribution in [2.75, 3.05) is 13.6 Å². The largest absolute Gasteiger partial charge is 0.346 e. The van der Waals surface area contributed by atoms with Crippen LogP contribution in [0.15, 0.2) is 0 Å². The zero-order valence-electron chi connectivity index (χ0n) is 8.05. The molecule has 0 rings (SSSR count). The van der Waals surface area contributed by atoms with Crippen LogP contribution in [-0.4, -0.2) is 24.4 Å². The Bertz CT molecular complexity index is 121. The van der Waals surface area contributed by atoms with Crippen LogP contribution in [0.4, 0.5) is 0 Å². The van der Waals surface area contributed by atoms with Crippen molar-refractivity contribution >= 4 is 5.91 Å². The molecule has 0 aliphatic carbocycles. The minimum absolute atomic E-state index is 0.265. The van der Waals surface area contributed by atoms with Gasteiger partial charge in [-0.05, 0) is 12.3 Å². The zero-order chi connectivity index (χ0) is 8.85. The standard InChI is InChI=1S/C9H19NO/c1-5-6-9(11)10(4)7-8(2)3/h8H,5-7H2,1-4H3. The van der Waals surface area contributed by atoms with E-state index in [-0.39, 0.29) is 5.91 Å². The van der Waals surface area contributed by atoms with E-state index < -0.39 is 0 Å². The Morgan fingerprint density at radius 1 is 1.45 bits per heavy atom. The summed E-state index contributed by atoms with van der Waals surface area (Å²) >= 11 is 0. The van der Waals surface area contributed by atoms with Gasteiger partial charge < -0.3 is 4.90 Å². The second-order valence-electron chi connectivity index (χ2n) is 3.42. The molecule has 0 saturated heterocycles. The zero-order valence-corrected chi connectivity index (χ0v) is 8.05. The predicted octanol–water partition coefficient (Wildman–Crippen LogP) is 1.90. The van der Waals surface area contributed by atoms with Crippen molar-refractivity contribution in [2.45, 2.75) is 33.6 Å². The summed E-state index contributed by atoms with van der Waals surface area (Å²) in [5.74, 6) is 0.835. The quantitative estimate of drug-likeness (QED) is 0.610. The molecule has 0 aromatic rings. The first kappa shape index (κ1) is 10.5. The second-order valence-corrected chi connectivity index (χ2v) is 3.42. The monoisotopic (exact) mass is 157 g/mol. The third-order valence-corrected chi connectivity index (χ3v) is 1.53. The van der Waals surface area contributed by atoms with Crippen LogP contribution in [0.3, 0.4) is 0 Å². The number of nitrogens with zero attached hydrogens (tertiary/aromatic N) is 1. The predicted molar refractivity (Wildman–Crippen MR) is 47.4 cm³/mol. The summed E-state index contributed by atoms with van der Waals surface area (Å²) in [6, 6.07) is 0. The van der Waals surface area contributed by atoms with Crippen molar-refractivity contribution in [1.82, 2.24) is 4.90 Å². The number of hydrogen-bond donors (Lipinski definition) is 0. The fourth-order valence-electron chi connectivity index (χ4n) is 1.05. The Balaban J connectivity index is 3.64. The summed E-state index contributed by atoms with van der Waals surface area (Å²) in [5.41, 5.74) is 0. The maximum Gasteiger partial charge on any atom is 0.222 e. The molecule has 0 radical (unpaired) electrons. The SMILES string of the molecule is CCCC(=O)N(C)CC(C)C. The molecule has 0 unspecified atom stereocenters. The molecule has 0 spiro atoms. The van der Waals surface area contributed by atoms with Gasteiger partial charge in [0, 0.05) is 20.0 Å². The highest BCUT2D eigenvalue weighted by Crippen LogP contribution is 1.99. The highest BCUT2D eigenvalue weighted by molar-refractivity contribution is 5.75. The fourth-order valence-corrected chi connectivity index (χ4v) is 1.05. The summed E-state index contributed by atoms with van der Waals surface area (Å²) in [5, 5.41) is 0. The molecule has 0 heterocycles. The molecule has 1 amide bonds. The summed E-state index contributed by atoms with van der Waals surface area (Å²) in [6.45, 7) is 7.14. The van der Waals surface area contributed by atoms with Crippen LogP contribution in [-0.2, 0) is 4.79 Å². The van der Waals surface area contributed by atoms with Gasteiger partial charge in [0.1, 0.15) is 0 Å². The Labute approximate surface area is 69.6 Å². The topological polar surface area (TPSA) is 20.3 Å². The molecule has 0 aromatic carbocycles. The van der Waals surface area contributed by atoms with Gasteiger partial charge in [-0.25, -0.2) is 0 Å². The van der Waals surface area contributed by atoms with E-state index in [2.05, 4.69) is 13.8 Å². The first-order valence-corrected chi connectivity index (χ1v) is 4.31. The fraction of sp³-hybridized carbons (Fsp3) is 0.889. The molecule has 11 heavy (non-hydrogen) atoms. The van der Waals surface area contributed by atoms with Crippen LogP contribution in [0.25, 0.3) is 0 Å². The van der Waals surface area contributed by atoms with Gasteiger partial charge in [0.2, 0.25) is 5.91 Å². The molecule has 2 nitrogen and oxygen atoms in total. The molecule has 66 valence electrons. The number of hydrogen-bond acceptors (Lipinski definition) is 1. The molecule has 0 N–H and O–H groups in total. The molecule has 0 aliphatic heterocycles. The normalized spacial score (nSPS) is 10.3. The van der Waals surface area contributed by atoms with Gasteiger partial charge >= 0.3 is 0 Å². The number of rotatable bonds is 4. The van der Waals surface area contributed by atoms with E-state index in [1.807, 2.05) is 18.9 Å². The molecule has 0 aromatic heterocycles. The third kappa shape index (κ3) is 4.82. The van der Waals surface area contributed by atoms with E-state index in [1.54, 1.807) is 0 Å². The van der Waals surface area contributed by atoms with E-state index >= 15 is 0 Å². The van der Waals surface area contributed by atoms with Crippen molar-refractivity contribution in [3.63, 3.8) is 0 Å². The van der Waals surface area contributed by atoms with E-state index in [0.717, 1.165) is 13.0 Å². The Morgan fingerprint density at radius 2 is 2.00 bits per heavy atom. The van der Waals surface area contributed by atoms with Crippen LogP contribution in [0, 0.1) is 5.92 Å². The Hall–Kier alpha value is -0.530. The maximum atomic E-state index is 11.2. The van der Waals surface area contributed by atoms with Gasteiger partial charge in [0.15, 0.2) is 0 Å². The molecule has 0 fully saturated rings. The van der Waals surface area contributed by atoms with Crippen molar-refractivity contribution in [1.29, 1.82) is 0 Å². The molecule has 0 aliphatic rings. The minimum atomic E-state index is 0.265. The average molecular weight is 157 g/mol. The van der Waals surface area contributed by atoms with Crippen LogP contribution < -0.4 is 0 Å². The van der Waals surface area contributed by atoms with Crippen LogP contribution in [0.5, 0.6) is 0 Å². The average Bonchev–Trinajstić information content (AvgIpc) is 1.86. The third-order valence-electron chi connectivity index (χ3n) is 1.53. The van der Waals surface area contributed by atoms with E-state index in [4.69, 9.17) is 0 Å². The van der Waals surface area contributed by atoms with Gasteiger partial charge in [-0.1, -0.05) is 20.8 Å². The highest BCUT2D eigenvalue weighted by Gasteiger charge is 2.07. The molecule has 0 atom stereocenters. The lowest BCUT2D eigenvalue weighted by atomic mass is 10.2. The molecular weight excluding hydrogens is 138 g/mol. The van der Waals surface area contributed by atoms with Gasteiger partial charge in [0.25, 0.3) is 0 Å². The first-order valence-electron chi connectivity index (χ1n) is 4.31. The molecule has 0 bridgehead atoms. The second kappa shape index (κ2) is 5.16. The van der Waals surface area contributed by atoms with Crippen molar-refractivity contribution in [3.05, 3.63) is 0 Å². The van der Waals surface area contributed by atoms with Crippen LogP contribution >= 0.6 is 0 Å². The summed E-state index contributed by atoms with van der Waals surface area (Å²) in [4.78, 5) is 13.0. The van der Waals surface area contributed by atoms with E-state index in [9.17, 15) is 4.79 Å². The molecule has 2 heteroatoms. The minimum Gasteiger partial charge on any atom is -0.346 e. The van der Waals surface area contributed by atoms with Gasteiger partial charge in [-0.15, -0.1) is 0 Å². The van der Waals surface area contributed by atoms with Gasteiger partial charge in [-0.3, -0.25) is 4.79 Å². The Kier molecular flexibility index (Phi) is 4.92. The lowest BCUT2D eigenvalue weighted by molar-refractivity contribution is -0.130. The van der Waals surface area contributed by atoms with Crippen LogP contribution in [0.2, 0.25) is 0 Å². The summed E-state index contributed by atoms with van der Waals surface area (Å²) in [6.07, 6.45) is 1.63. The van der Waals surface area contributed by atoms with Crippen molar-refractivity contribution in [2.24, 2.45) is 5.92 Å². The van der Waals surface area contributed by atoms with E-state index in [1.165, 1.54) is 0 Å². The summed E-state index contributed by atoms with van der Waals surface area (Å²) in [7, 11) is 1.87. The van der Waals surface area contributed by atoms with Crippen LogP contribution in [0.1, 0.15) is 33.6 Å².